The second kappa shape index (κ2) is 16.3. The lowest BCUT2D eigenvalue weighted by Crippen LogP contribution is -2.53. The summed E-state index contributed by atoms with van der Waals surface area (Å²) in [7, 11) is -3.21. The van der Waals surface area contributed by atoms with E-state index in [0.29, 0.717) is 17.8 Å². The van der Waals surface area contributed by atoms with Gasteiger partial charge in [0.25, 0.3) is 5.91 Å². The molecule has 0 aliphatic carbocycles. The van der Waals surface area contributed by atoms with Crippen LogP contribution in [0.5, 0.6) is 5.88 Å². The number of amides is 3. The van der Waals surface area contributed by atoms with Crippen molar-refractivity contribution in [1.82, 2.24) is 34.7 Å². The van der Waals surface area contributed by atoms with Crippen molar-refractivity contribution in [1.29, 1.82) is 0 Å². The smallest absolute Gasteiger partial charge is 0.416 e. The Bertz CT molecular complexity index is 2330. The molecule has 0 spiro atoms. The van der Waals surface area contributed by atoms with Gasteiger partial charge in [0, 0.05) is 62.8 Å². The van der Waals surface area contributed by atoms with Crippen molar-refractivity contribution in [3.05, 3.63) is 89.5 Å². The number of halogens is 4. The highest BCUT2D eigenvalue weighted by atomic mass is 32.2. The van der Waals surface area contributed by atoms with Crippen molar-refractivity contribution in [3.8, 4) is 22.8 Å². The lowest BCUT2D eigenvalue weighted by Gasteiger charge is -2.41. The summed E-state index contributed by atoms with van der Waals surface area (Å²) in [5.41, 5.74) is 0.384. The fourth-order valence-electron chi connectivity index (χ4n) is 8.25. The third kappa shape index (κ3) is 9.10. The summed E-state index contributed by atoms with van der Waals surface area (Å²) in [5, 5.41) is 8.25. The minimum atomic E-state index is -4.72. The monoisotopic (exact) mass is 839 g/mol. The van der Waals surface area contributed by atoms with Gasteiger partial charge in [0.2, 0.25) is 17.7 Å². The summed E-state index contributed by atoms with van der Waals surface area (Å²) in [5.74, 6) is -2.47. The lowest BCUT2D eigenvalue weighted by molar-refractivity contribution is -0.139. The molecule has 312 valence electrons. The molecule has 4 aliphatic heterocycles. The quantitative estimate of drug-likeness (QED) is 0.258. The molecule has 0 radical (unpaired) electrons. The van der Waals surface area contributed by atoms with Crippen LogP contribution in [0.4, 0.5) is 17.6 Å². The summed E-state index contributed by atoms with van der Waals surface area (Å²) < 4.78 is 93.5. The Morgan fingerprint density at radius 1 is 0.949 bits per heavy atom. The Labute approximate surface area is 337 Å². The van der Waals surface area contributed by atoms with Crippen LogP contribution in [0.3, 0.4) is 0 Å². The highest BCUT2D eigenvalue weighted by molar-refractivity contribution is 7.91. The van der Waals surface area contributed by atoms with Crippen LogP contribution >= 0.6 is 0 Å². The average Bonchev–Trinajstić information content (AvgIpc) is 3.87. The van der Waals surface area contributed by atoms with Gasteiger partial charge < -0.3 is 24.2 Å². The molecule has 4 aromatic rings. The molecule has 4 aliphatic rings. The van der Waals surface area contributed by atoms with Gasteiger partial charge in [-0.3, -0.25) is 14.4 Å². The van der Waals surface area contributed by atoms with E-state index in [1.807, 2.05) is 0 Å². The number of fused-ring (bicyclic) bond motifs is 8. The number of piperidine rings is 1. The zero-order valence-corrected chi connectivity index (χ0v) is 32.6. The normalized spacial score (nSPS) is 23.5. The van der Waals surface area contributed by atoms with Gasteiger partial charge in [-0.1, -0.05) is 17.3 Å². The molecule has 0 N–H and O–H groups in total. The molecule has 6 bridgehead atoms. The van der Waals surface area contributed by atoms with E-state index in [2.05, 4.69) is 15.3 Å². The Morgan fingerprint density at radius 3 is 2.47 bits per heavy atom. The third-order valence-electron chi connectivity index (χ3n) is 11.5. The Kier molecular flexibility index (Phi) is 11.2. The molecule has 59 heavy (non-hydrogen) atoms. The standard InChI is InChI=1S/C40H41F4N7O7S/c41-30-4-6-32(7-5-30)51-22-31(46-47-51)24-58-33-20-35-39(54)49-10-8-25(17-37(52)48-11-14-59(55,56)15-12-48)28(21-49)9-13-57-36-19-29(40(42,43)44)18-34(45-36)26-2-1-3-27(16-26)38(53)50(35)23-33/h1-7,16,18-19,22,25,28,33,35H,8-15,17,20-21,23-24H2/t25-,28-,33+,35-/m0/s1. The molecule has 6 heterocycles. The minimum Gasteiger partial charge on any atom is -0.478 e. The first-order valence-corrected chi connectivity index (χ1v) is 21.2. The first-order chi connectivity index (χ1) is 28.2. The van der Waals surface area contributed by atoms with Crippen molar-refractivity contribution >= 4 is 27.6 Å². The van der Waals surface area contributed by atoms with Gasteiger partial charge in [-0.05, 0) is 67.1 Å². The average molecular weight is 840 g/mol. The van der Waals surface area contributed by atoms with Gasteiger partial charge in [0.05, 0.1) is 54.0 Å². The number of sulfone groups is 1. The second-order valence-corrected chi connectivity index (χ2v) is 17.7. The van der Waals surface area contributed by atoms with Crippen LogP contribution in [0.2, 0.25) is 0 Å². The number of carbonyl (C=O) groups is 3. The predicted octanol–water partition coefficient (Wildman–Crippen LogP) is 4.18. The molecule has 19 heteroatoms. The van der Waals surface area contributed by atoms with Gasteiger partial charge in [-0.2, -0.15) is 13.2 Å². The summed E-state index contributed by atoms with van der Waals surface area (Å²) in [6.07, 6.45) is -2.74. The highest BCUT2D eigenvalue weighted by Gasteiger charge is 2.44. The summed E-state index contributed by atoms with van der Waals surface area (Å²) in [6, 6.07) is 12.5. The van der Waals surface area contributed by atoms with Gasteiger partial charge >= 0.3 is 6.18 Å². The van der Waals surface area contributed by atoms with Crippen LogP contribution in [0.15, 0.2) is 66.9 Å². The molecular weight excluding hydrogens is 799 g/mol. The van der Waals surface area contributed by atoms with Crippen LogP contribution < -0.4 is 4.74 Å². The molecular formula is C40H41F4N7O7S. The van der Waals surface area contributed by atoms with E-state index in [-0.39, 0.29) is 123 Å². The zero-order chi connectivity index (χ0) is 41.5. The molecule has 3 amide bonds. The molecule has 0 saturated carbocycles. The highest BCUT2D eigenvalue weighted by Crippen LogP contribution is 2.36. The number of alkyl halides is 3. The van der Waals surface area contributed by atoms with Crippen LogP contribution in [0.1, 0.15) is 47.3 Å². The second-order valence-electron chi connectivity index (χ2n) is 15.4. The number of rotatable bonds is 6. The van der Waals surface area contributed by atoms with Crippen LogP contribution in [0, 0.1) is 17.7 Å². The zero-order valence-electron chi connectivity index (χ0n) is 31.8. The van der Waals surface area contributed by atoms with Gasteiger partial charge in [-0.25, -0.2) is 22.5 Å². The Hall–Kier alpha value is -5.43. The molecule has 3 saturated heterocycles. The number of hydrogen-bond acceptors (Lipinski definition) is 10. The first kappa shape index (κ1) is 40.4. The molecule has 0 unspecified atom stereocenters. The molecule has 2 aromatic carbocycles. The van der Waals surface area contributed by atoms with E-state index < -0.39 is 45.4 Å². The number of hydrogen-bond donors (Lipinski definition) is 0. The van der Waals surface area contributed by atoms with Crippen molar-refractivity contribution in [2.24, 2.45) is 11.8 Å². The van der Waals surface area contributed by atoms with Crippen LogP contribution in [-0.4, -0.2) is 124 Å². The summed E-state index contributed by atoms with van der Waals surface area (Å²) in [6.45, 7) is 0.653. The molecule has 14 nitrogen and oxygen atoms in total. The van der Waals surface area contributed by atoms with E-state index in [0.717, 1.165) is 12.1 Å². The van der Waals surface area contributed by atoms with E-state index in [1.54, 1.807) is 40.3 Å². The molecule has 4 atom stereocenters. The maximum atomic E-state index is 14.5. The molecule has 2 aromatic heterocycles. The van der Waals surface area contributed by atoms with E-state index in [9.17, 15) is 40.4 Å². The SMILES string of the molecule is O=C(C[C@@H]1CCN2C[C@@H]1CCOc1cc(C(F)(F)F)cc(n1)-c1cccc(c1)C(=O)N1C[C@H](OCc3cn(-c4ccc(F)cc4)nn3)C[C@H]1C2=O)N1CCS(=O)(=O)CC1. The van der Waals surface area contributed by atoms with E-state index in [1.165, 1.54) is 33.8 Å². The van der Waals surface area contributed by atoms with Gasteiger partial charge in [-0.15, -0.1) is 5.10 Å². The van der Waals surface area contributed by atoms with Crippen molar-refractivity contribution < 1.29 is 49.8 Å². The summed E-state index contributed by atoms with van der Waals surface area (Å²) >= 11 is 0. The number of benzene rings is 2. The van der Waals surface area contributed by atoms with Crippen molar-refractivity contribution in [2.45, 2.75) is 50.6 Å². The Balaban J connectivity index is 1.07. The van der Waals surface area contributed by atoms with Crippen molar-refractivity contribution in [2.75, 3.05) is 50.8 Å². The number of ether oxygens (including phenoxy) is 2. The number of pyridine rings is 1. The first-order valence-electron chi connectivity index (χ1n) is 19.4. The fourth-order valence-corrected chi connectivity index (χ4v) is 9.45. The number of carbonyl (C=O) groups excluding carboxylic acids is 3. The predicted molar refractivity (Wildman–Crippen MR) is 202 cm³/mol. The van der Waals surface area contributed by atoms with Gasteiger partial charge in [0.1, 0.15) is 17.6 Å². The Morgan fingerprint density at radius 2 is 1.71 bits per heavy atom. The van der Waals surface area contributed by atoms with E-state index in [4.69, 9.17) is 9.47 Å². The molecule has 8 rings (SSSR count). The fraction of sp³-hybridized carbons (Fsp3) is 0.450. The summed E-state index contributed by atoms with van der Waals surface area (Å²) in [4.78, 5) is 51.4. The van der Waals surface area contributed by atoms with Crippen LogP contribution in [-0.2, 0) is 36.9 Å². The van der Waals surface area contributed by atoms with Crippen molar-refractivity contribution in [3.63, 3.8) is 0 Å². The lowest BCUT2D eigenvalue weighted by atomic mass is 9.80. The van der Waals surface area contributed by atoms with Gasteiger partial charge in [0.15, 0.2) is 9.84 Å². The maximum Gasteiger partial charge on any atom is 0.416 e. The molecule has 3 fully saturated rings. The number of aromatic nitrogens is 4. The topological polar surface area (TPSA) is 157 Å². The third-order valence-corrected chi connectivity index (χ3v) is 13.1. The van der Waals surface area contributed by atoms with E-state index >= 15 is 0 Å². The van der Waals surface area contributed by atoms with Crippen LogP contribution in [0.25, 0.3) is 16.9 Å². The maximum absolute atomic E-state index is 14.5. The minimum absolute atomic E-state index is 0.00171. The number of nitrogens with zero attached hydrogens (tertiary/aromatic N) is 7. The largest absolute Gasteiger partial charge is 0.478 e.